The maximum Gasteiger partial charge on any atom is 0.0329 e. The first-order valence-electron chi connectivity index (χ1n) is 6.96. The zero-order valence-electron chi connectivity index (χ0n) is 12.2. The summed E-state index contributed by atoms with van der Waals surface area (Å²) in [4.78, 5) is 2.51. The summed E-state index contributed by atoms with van der Waals surface area (Å²) in [7, 11) is 0. The highest BCUT2D eigenvalue weighted by Crippen LogP contribution is 2.26. The van der Waals surface area contributed by atoms with Crippen molar-refractivity contribution >= 4 is 0 Å². The molecule has 2 nitrogen and oxygen atoms in total. The lowest BCUT2D eigenvalue weighted by Gasteiger charge is -2.45. The molecule has 0 radical (unpaired) electrons. The topological polar surface area (TPSA) is 29.3 Å². The SMILES string of the molecule is CCC(C)CC(N)C(C)(CC)N(CC)CC. The fourth-order valence-electron chi connectivity index (χ4n) is 2.52. The van der Waals surface area contributed by atoms with Gasteiger partial charge in [-0.2, -0.15) is 0 Å². The highest BCUT2D eigenvalue weighted by molar-refractivity contribution is 4.94. The fourth-order valence-corrected chi connectivity index (χ4v) is 2.52. The molecule has 0 aliphatic carbocycles. The normalized spacial score (nSPS) is 19.5. The Balaban J connectivity index is 4.65. The van der Waals surface area contributed by atoms with Crippen molar-refractivity contribution in [2.75, 3.05) is 13.1 Å². The summed E-state index contributed by atoms with van der Waals surface area (Å²) < 4.78 is 0. The summed E-state index contributed by atoms with van der Waals surface area (Å²) in [5, 5.41) is 0. The van der Waals surface area contributed by atoms with E-state index in [0.717, 1.165) is 31.8 Å². The van der Waals surface area contributed by atoms with Gasteiger partial charge in [-0.05, 0) is 38.8 Å². The Bertz CT molecular complexity index is 178. The average molecular weight is 228 g/mol. The van der Waals surface area contributed by atoms with Crippen molar-refractivity contribution in [2.24, 2.45) is 11.7 Å². The van der Waals surface area contributed by atoms with Gasteiger partial charge >= 0.3 is 0 Å². The van der Waals surface area contributed by atoms with Crippen LogP contribution >= 0.6 is 0 Å². The summed E-state index contributed by atoms with van der Waals surface area (Å²) >= 11 is 0. The molecule has 0 aromatic carbocycles. The predicted octanol–water partition coefficient (Wildman–Crippen LogP) is 3.26. The first-order valence-corrected chi connectivity index (χ1v) is 6.96. The molecule has 16 heavy (non-hydrogen) atoms. The minimum Gasteiger partial charge on any atom is -0.326 e. The summed E-state index contributed by atoms with van der Waals surface area (Å²) in [6.45, 7) is 15.8. The first-order chi connectivity index (χ1) is 7.46. The van der Waals surface area contributed by atoms with E-state index in [0.29, 0.717) is 0 Å². The van der Waals surface area contributed by atoms with E-state index in [1.54, 1.807) is 0 Å². The second kappa shape index (κ2) is 7.29. The standard InChI is InChI=1S/C14H32N2/c1-7-12(5)11-13(15)14(6,8-2)16(9-3)10-4/h12-13H,7-11,15H2,1-6H3. The number of nitrogens with zero attached hydrogens (tertiary/aromatic N) is 1. The van der Waals surface area contributed by atoms with Crippen molar-refractivity contribution in [3.63, 3.8) is 0 Å². The van der Waals surface area contributed by atoms with Crippen LogP contribution in [-0.2, 0) is 0 Å². The van der Waals surface area contributed by atoms with Gasteiger partial charge in [0, 0.05) is 11.6 Å². The van der Waals surface area contributed by atoms with Crippen LogP contribution in [0.3, 0.4) is 0 Å². The van der Waals surface area contributed by atoms with Gasteiger partial charge in [-0.3, -0.25) is 4.90 Å². The molecule has 0 aromatic heterocycles. The fraction of sp³-hybridized carbons (Fsp3) is 1.00. The van der Waals surface area contributed by atoms with Gasteiger partial charge in [0.2, 0.25) is 0 Å². The highest BCUT2D eigenvalue weighted by Gasteiger charge is 2.34. The molecule has 0 rings (SSSR count). The quantitative estimate of drug-likeness (QED) is 0.691. The number of rotatable bonds is 8. The lowest BCUT2D eigenvalue weighted by molar-refractivity contribution is 0.0758. The largest absolute Gasteiger partial charge is 0.326 e. The molecule has 0 heterocycles. The van der Waals surface area contributed by atoms with E-state index in [-0.39, 0.29) is 11.6 Å². The van der Waals surface area contributed by atoms with Crippen molar-refractivity contribution < 1.29 is 0 Å². The summed E-state index contributed by atoms with van der Waals surface area (Å²) in [6, 6.07) is 0.285. The third kappa shape index (κ3) is 3.74. The Morgan fingerprint density at radius 3 is 1.94 bits per heavy atom. The van der Waals surface area contributed by atoms with Gasteiger partial charge in [-0.1, -0.05) is 41.0 Å². The zero-order valence-corrected chi connectivity index (χ0v) is 12.2. The monoisotopic (exact) mass is 228 g/mol. The lowest BCUT2D eigenvalue weighted by Crippen LogP contribution is -2.58. The minimum atomic E-state index is 0.160. The minimum absolute atomic E-state index is 0.160. The van der Waals surface area contributed by atoms with Crippen molar-refractivity contribution in [2.45, 2.75) is 72.4 Å². The van der Waals surface area contributed by atoms with Gasteiger partial charge in [0.15, 0.2) is 0 Å². The van der Waals surface area contributed by atoms with E-state index >= 15 is 0 Å². The van der Waals surface area contributed by atoms with Gasteiger partial charge < -0.3 is 5.73 Å². The Hall–Kier alpha value is -0.0800. The molecule has 0 aromatic rings. The second-order valence-electron chi connectivity index (χ2n) is 5.24. The molecule has 0 fully saturated rings. The van der Waals surface area contributed by atoms with Crippen molar-refractivity contribution in [1.29, 1.82) is 0 Å². The summed E-state index contributed by atoms with van der Waals surface area (Å²) in [5.41, 5.74) is 6.61. The van der Waals surface area contributed by atoms with Gasteiger partial charge in [0.05, 0.1) is 0 Å². The van der Waals surface area contributed by atoms with Crippen LogP contribution in [0.25, 0.3) is 0 Å². The molecule has 2 heteroatoms. The van der Waals surface area contributed by atoms with Crippen molar-refractivity contribution in [3.8, 4) is 0 Å². The number of hydrogen-bond donors (Lipinski definition) is 1. The molecule has 0 saturated carbocycles. The Morgan fingerprint density at radius 2 is 1.62 bits per heavy atom. The van der Waals surface area contributed by atoms with E-state index in [1.165, 1.54) is 6.42 Å². The zero-order chi connectivity index (χ0) is 12.8. The Labute approximate surface area is 103 Å². The van der Waals surface area contributed by atoms with E-state index in [9.17, 15) is 0 Å². The van der Waals surface area contributed by atoms with Gasteiger partial charge in [0.1, 0.15) is 0 Å². The summed E-state index contributed by atoms with van der Waals surface area (Å²) in [5.74, 6) is 0.733. The number of nitrogens with two attached hydrogens (primary N) is 1. The maximum absolute atomic E-state index is 6.45. The van der Waals surface area contributed by atoms with Crippen LogP contribution in [0.2, 0.25) is 0 Å². The van der Waals surface area contributed by atoms with Crippen LogP contribution in [-0.4, -0.2) is 29.6 Å². The van der Waals surface area contributed by atoms with Gasteiger partial charge in [-0.15, -0.1) is 0 Å². The molecule has 2 N–H and O–H groups in total. The van der Waals surface area contributed by atoms with Crippen LogP contribution in [0, 0.1) is 5.92 Å². The third-order valence-corrected chi connectivity index (χ3v) is 4.35. The maximum atomic E-state index is 6.45. The molecule has 3 unspecified atom stereocenters. The van der Waals surface area contributed by atoms with E-state index in [2.05, 4.69) is 46.4 Å². The highest BCUT2D eigenvalue weighted by atomic mass is 15.2. The second-order valence-corrected chi connectivity index (χ2v) is 5.24. The Kier molecular flexibility index (Phi) is 7.25. The molecule has 0 aliphatic heterocycles. The molecule has 0 bridgehead atoms. The smallest absolute Gasteiger partial charge is 0.0329 e. The van der Waals surface area contributed by atoms with E-state index in [4.69, 9.17) is 5.73 Å². The number of likely N-dealkylation sites (N-methyl/N-ethyl adjacent to an activating group) is 1. The molecule has 3 atom stereocenters. The van der Waals surface area contributed by atoms with Gasteiger partial charge in [-0.25, -0.2) is 0 Å². The first kappa shape index (κ1) is 15.9. The molecule has 98 valence electrons. The van der Waals surface area contributed by atoms with Crippen LogP contribution < -0.4 is 5.73 Å². The van der Waals surface area contributed by atoms with Crippen LogP contribution in [0.5, 0.6) is 0 Å². The summed E-state index contributed by atoms with van der Waals surface area (Å²) in [6.07, 6.45) is 3.50. The molecule has 0 aliphatic rings. The predicted molar refractivity (Wildman–Crippen MR) is 73.7 cm³/mol. The molecule has 0 spiro atoms. The van der Waals surface area contributed by atoms with Crippen molar-refractivity contribution in [1.82, 2.24) is 4.90 Å². The van der Waals surface area contributed by atoms with E-state index in [1.807, 2.05) is 0 Å². The molecule has 0 amide bonds. The molecule has 0 saturated heterocycles. The average Bonchev–Trinajstić information content (AvgIpc) is 2.29. The van der Waals surface area contributed by atoms with Crippen LogP contribution in [0.4, 0.5) is 0 Å². The third-order valence-electron chi connectivity index (χ3n) is 4.35. The van der Waals surface area contributed by atoms with Gasteiger partial charge in [0.25, 0.3) is 0 Å². The lowest BCUT2D eigenvalue weighted by atomic mass is 9.82. The number of hydrogen-bond acceptors (Lipinski definition) is 2. The molecular weight excluding hydrogens is 196 g/mol. The molecular formula is C14H32N2. The van der Waals surface area contributed by atoms with Crippen molar-refractivity contribution in [3.05, 3.63) is 0 Å². The van der Waals surface area contributed by atoms with Crippen LogP contribution in [0.15, 0.2) is 0 Å². The Morgan fingerprint density at radius 1 is 1.12 bits per heavy atom. The van der Waals surface area contributed by atoms with Crippen LogP contribution in [0.1, 0.15) is 60.8 Å². The van der Waals surface area contributed by atoms with E-state index < -0.39 is 0 Å².